The molecule has 4 rings (SSSR count). The third-order valence-electron chi connectivity index (χ3n) is 6.10. The summed E-state index contributed by atoms with van der Waals surface area (Å²) in [6.07, 6.45) is 5.95. The Kier molecular flexibility index (Phi) is 6.07. The van der Waals surface area contributed by atoms with Crippen molar-refractivity contribution in [3.63, 3.8) is 0 Å². The molecule has 2 fully saturated rings. The number of carbonyl (C=O) groups is 1. The van der Waals surface area contributed by atoms with E-state index in [9.17, 15) is 17.6 Å². The monoisotopic (exact) mass is 446 g/mol. The number of benzene rings is 1. The first-order valence-electron chi connectivity index (χ1n) is 10.7. The van der Waals surface area contributed by atoms with Crippen LogP contribution in [0, 0.1) is 19.7 Å². The largest absolute Gasteiger partial charge is 0.339 e. The zero-order chi connectivity index (χ0) is 22.2. The first-order chi connectivity index (χ1) is 14.8. The Morgan fingerprint density at radius 3 is 2.52 bits per heavy atom. The summed E-state index contributed by atoms with van der Waals surface area (Å²) >= 11 is 0. The lowest BCUT2D eigenvalue weighted by Crippen LogP contribution is -2.36. The summed E-state index contributed by atoms with van der Waals surface area (Å²) in [5.41, 5.74) is 1.39. The Morgan fingerprint density at radius 1 is 1.10 bits per heavy atom. The SMILES string of the molecule is Cc1cc(F)ccc1S(=O)(=O)N1CCCC1c1ncc(C(=O)N2CCCCC2)c(C)n1. The molecule has 9 heteroatoms. The van der Waals surface area contributed by atoms with E-state index in [0.29, 0.717) is 42.0 Å². The van der Waals surface area contributed by atoms with Crippen LogP contribution in [0.25, 0.3) is 0 Å². The second kappa shape index (κ2) is 8.63. The summed E-state index contributed by atoms with van der Waals surface area (Å²) in [6.45, 7) is 5.18. The molecule has 0 aliphatic carbocycles. The summed E-state index contributed by atoms with van der Waals surface area (Å²) < 4.78 is 41.5. The molecule has 0 N–H and O–H groups in total. The van der Waals surface area contributed by atoms with Gasteiger partial charge in [0.15, 0.2) is 0 Å². The van der Waals surface area contributed by atoms with Crippen molar-refractivity contribution < 1.29 is 17.6 Å². The smallest absolute Gasteiger partial charge is 0.257 e. The zero-order valence-corrected chi connectivity index (χ0v) is 18.7. The highest BCUT2D eigenvalue weighted by Crippen LogP contribution is 2.36. The number of hydrogen-bond acceptors (Lipinski definition) is 5. The van der Waals surface area contributed by atoms with Crippen molar-refractivity contribution in [3.8, 4) is 0 Å². The fourth-order valence-electron chi connectivity index (χ4n) is 4.44. The van der Waals surface area contributed by atoms with E-state index in [1.54, 1.807) is 13.8 Å². The van der Waals surface area contributed by atoms with E-state index in [2.05, 4.69) is 9.97 Å². The summed E-state index contributed by atoms with van der Waals surface area (Å²) in [6, 6.07) is 3.18. The minimum Gasteiger partial charge on any atom is -0.339 e. The number of halogens is 1. The molecule has 2 saturated heterocycles. The maximum Gasteiger partial charge on any atom is 0.257 e. The Labute approximate surface area is 182 Å². The lowest BCUT2D eigenvalue weighted by molar-refractivity contribution is 0.0722. The molecule has 1 unspecified atom stereocenters. The van der Waals surface area contributed by atoms with E-state index in [1.165, 1.54) is 22.6 Å². The van der Waals surface area contributed by atoms with Crippen LogP contribution in [-0.2, 0) is 10.0 Å². The molecular formula is C22H27FN4O3S. The Balaban J connectivity index is 1.61. The van der Waals surface area contributed by atoms with Crippen molar-refractivity contribution in [2.24, 2.45) is 0 Å². The van der Waals surface area contributed by atoms with Gasteiger partial charge < -0.3 is 4.90 Å². The summed E-state index contributed by atoms with van der Waals surface area (Å²) in [7, 11) is -3.83. The number of piperidine rings is 1. The number of aryl methyl sites for hydroxylation is 2. The maximum atomic E-state index is 13.5. The van der Waals surface area contributed by atoms with Gasteiger partial charge in [-0.2, -0.15) is 4.31 Å². The lowest BCUT2D eigenvalue weighted by atomic mass is 10.1. The second-order valence-electron chi connectivity index (χ2n) is 8.26. The van der Waals surface area contributed by atoms with Gasteiger partial charge in [0.25, 0.3) is 5.91 Å². The van der Waals surface area contributed by atoms with Crippen molar-refractivity contribution in [2.45, 2.75) is 56.9 Å². The van der Waals surface area contributed by atoms with Crippen molar-refractivity contribution in [3.05, 3.63) is 52.9 Å². The molecule has 0 spiro atoms. The fourth-order valence-corrected chi connectivity index (χ4v) is 6.30. The van der Waals surface area contributed by atoms with Crippen LogP contribution in [0.1, 0.15) is 65.6 Å². The molecule has 3 heterocycles. The number of sulfonamides is 1. The molecule has 166 valence electrons. The van der Waals surface area contributed by atoms with Gasteiger partial charge in [-0.1, -0.05) is 0 Å². The van der Waals surface area contributed by atoms with Crippen LogP contribution in [0.3, 0.4) is 0 Å². The van der Waals surface area contributed by atoms with Gasteiger partial charge in [-0.15, -0.1) is 0 Å². The minimum absolute atomic E-state index is 0.0680. The average molecular weight is 447 g/mol. The summed E-state index contributed by atoms with van der Waals surface area (Å²) in [4.78, 5) is 23.7. The van der Waals surface area contributed by atoms with Crippen LogP contribution in [0.4, 0.5) is 4.39 Å². The van der Waals surface area contributed by atoms with Gasteiger partial charge in [0.05, 0.1) is 22.2 Å². The van der Waals surface area contributed by atoms with Gasteiger partial charge in [0, 0.05) is 25.8 Å². The van der Waals surface area contributed by atoms with E-state index in [0.717, 1.165) is 38.4 Å². The van der Waals surface area contributed by atoms with E-state index < -0.39 is 21.9 Å². The molecule has 1 aromatic heterocycles. The minimum atomic E-state index is -3.83. The molecule has 2 aromatic rings. The first-order valence-corrected chi connectivity index (χ1v) is 12.1. The van der Waals surface area contributed by atoms with Crippen molar-refractivity contribution in [1.82, 2.24) is 19.2 Å². The van der Waals surface area contributed by atoms with E-state index >= 15 is 0 Å². The number of nitrogens with zero attached hydrogens (tertiary/aromatic N) is 4. The highest BCUT2D eigenvalue weighted by atomic mass is 32.2. The Hall–Kier alpha value is -2.39. The van der Waals surface area contributed by atoms with Gasteiger partial charge in [0.2, 0.25) is 10.0 Å². The van der Waals surface area contributed by atoms with Crippen LogP contribution in [-0.4, -0.2) is 53.1 Å². The first kappa shape index (κ1) is 21.8. The topological polar surface area (TPSA) is 83.5 Å². The number of rotatable bonds is 4. The highest BCUT2D eigenvalue weighted by molar-refractivity contribution is 7.89. The van der Waals surface area contributed by atoms with Crippen LogP contribution >= 0.6 is 0 Å². The van der Waals surface area contributed by atoms with Gasteiger partial charge >= 0.3 is 0 Å². The molecule has 0 saturated carbocycles. The van der Waals surface area contributed by atoms with E-state index in [4.69, 9.17) is 0 Å². The van der Waals surface area contributed by atoms with Gasteiger partial charge in [-0.05, 0) is 69.7 Å². The molecule has 1 aromatic carbocycles. The number of aromatic nitrogens is 2. The van der Waals surface area contributed by atoms with Crippen LogP contribution < -0.4 is 0 Å². The third-order valence-corrected chi connectivity index (χ3v) is 8.17. The fraction of sp³-hybridized carbons (Fsp3) is 0.500. The highest BCUT2D eigenvalue weighted by Gasteiger charge is 2.38. The van der Waals surface area contributed by atoms with Crippen LogP contribution in [0.2, 0.25) is 0 Å². The van der Waals surface area contributed by atoms with Crippen molar-refractivity contribution >= 4 is 15.9 Å². The summed E-state index contributed by atoms with van der Waals surface area (Å²) in [5, 5.41) is 0. The normalized spacial score (nSPS) is 20.2. The molecule has 31 heavy (non-hydrogen) atoms. The molecule has 1 atom stereocenters. The maximum absolute atomic E-state index is 13.5. The molecule has 2 aliphatic rings. The third kappa shape index (κ3) is 4.21. The molecule has 1 amide bonds. The van der Waals surface area contributed by atoms with Crippen LogP contribution in [0.5, 0.6) is 0 Å². The van der Waals surface area contributed by atoms with E-state index in [1.807, 2.05) is 4.90 Å². The quantitative estimate of drug-likeness (QED) is 0.719. The zero-order valence-electron chi connectivity index (χ0n) is 17.8. The second-order valence-corrected chi connectivity index (χ2v) is 10.1. The van der Waals surface area contributed by atoms with Gasteiger partial charge in [0.1, 0.15) is 11.6 Å². The molecule has 2 aliphatic heterocycles. The predicted molar refractivity (Wildman–Crippen MR) is 114 cm³/mol. The number of carbonyl (C=O) groups excluding carboxylic acids is 1. The van der Waals surface area contributed by atoms with Crippen molar-refractivity contribution in [1.29, 1.82) is 0 Å². The predicted octanol–water partition coefficient (Wildman–Crippen LogP) is 3.38. The Morgan fingerprint density at radius 2 is 1.84 bits per heavy atom. The number of amides is 1. The Bertz CT molecular complexity index is 1100. The standard InChI is InChI=1S/C22H27FN4O3S/c1-15-13-17(23)8-9-20(15)31(29,30)27-12-6-7-19(27)21-24-14-18(16(2)25-21)22(28)26-10-4-3-5-11-26/h8-9,13-14,19H,3-7,10-12H2,1-2H3. The molecular weight excluding hydrogens is 419 g/mol. The van der Waals surface area contributed by atoms with E-state index in [-0.39, 0.29) is 10.8 Å². The van der Waals surface area contributed by atoms with Crippen molar-refractivity contribution in [2.75, 3.05) is 19.6 Å². The summed E-state index contributed by atoms with van der Waals surface area (Å²) in [5.74, 6) is -0.141. The average Bonchev–Trinajstić information content (AvgIpc) is 3.24. The number of hydrogen-bond donors (Lipinski definition) is 0. The van der Waals surface area contributed by atoms with Gasteiger partial charge in [-0.3, -0.25) is 4.79 Å². The van der Waals surface area contributed by atoms with Crippen LogP contribution in [0.15, 0.2) is 29.3 Å². The molecule has 7 nitrogen and oxygen atoms in total. The van der Waals surface area contributed by atoms with Gasteiger partial charge in [-0.25, -0.2) is 22.8 Å². The lowest BCUT2D eigenvalue weighted by Gasteiger charge is -2.27. The molecule has 0 bridgehead atoms. The number of likely N-dealkylation sites (tertiary alicyclic amines) is 1. The molecule has 0 radical (unpaired) electrons.